The minimum atomic E-state index is -0.749. The van der Waals surface area contributed by atoms with E-state index in [1.807, 2.05) is 0 Å². The average Bonchev–Trinajstić information content (AvgIpc) is 2.75. The molecule has 5 N–H and O–H groups in total. The molecule has 1 atom stereocenters. The SMILES string of the molecule is NC(=O)Nc1cc(C(O)CCCCCN2CCN(c3ccccc3)CC2)ccc1O. The van der Waals surface area contributed by atoms with Crippen molar-refractivity contribution in [1.82, 2.24) is 4.90 Å². The van der Waals surface area contributed by atoms with Crippen LogP contribution in [0.4, 0.5) is 16.2 Å². The summed E-state index contributed by atoms with van der Waals surface area (Å²) in [6.45, 7) is 5.38. The standard InChI is InChI=1S/C23H32N4O3/c24-23(30)25-20-17-18(10-11-22(20)29)21(28)9-5-2-6-12-26-13-15-27(16-14-26)19-7-3-1-4-8-19/h1,3-4,7-8,10-11,17,21,28-29H,2,5-6,9,12-16H2,(H3,24,25,30). The first kappa shape index (κ1) is 21.9. The molecule has 2 amide bonds. The Morgan fingerprint density at radius 3 is 2.47 bits per heavy atom. The fourth-order valence-electron chi connectivity index (χ4n) is 3.88. The van der Waals surface area contributed by atoms with Crippen molar-refractivity contribution < 1.29 is 15.0 Å². The van der Waals surface area contributed by atoms with Crippen molar-refractivity contribution in [2.45, 2.75) is 31.8 Å². The molecule has 2 aromatic carbocycles. The van der Waals surface area contributed by atoms with E-state index < -0.39 is 12.1 Å². The number of nitrogens with zero attached hydrogens (tertiary/aromatic N) is 2. The van der Waals surface area contributed by atoms with Crippen molar-refractivity contribution >= 4 is 17.4 Å². The van der Waals surface area contributed by atoms with E-state index in [0.29, 0.717) is 12.0 Å². The second kappa shape index (κ2) is 10.8. The summed E-state index contributed by atoms with van der Waals surface area (Å²) in [5, 5.41) is 22.5. The van der Waals surface area contributed by atoms with Crippen LogP contribution in [0.15, 0.2) is 48.5 Å². The van der Waals surface area contributed by atoms with Crippen LogP contribution >= 0.6 is 0 Å². The maximum Gasteiger partial charge on any atom is 0.316 e. The molecule has 1 fully saturated rings. The summed E-state index contributed by atoms with van der Waals surface area (Å²) in [6, 6.07) is 14.5. The highest BCUT2D eigenvalue weighted by Gasteiger charge is 2.16. The summed E-state index contributed by atoms with van der Waals surface area (Å²) in [6.07, 6.45) is 3.10. The lowest BCUT2D eigenvalue weighted by molar-refractivity contribution is 0.162. The highest BCUT2D eigenvalue weighted by Crippen LogP contribution is 2.29. The van der Waals surface area contributed by atoms with Gasteiger partial charge in [0.15, 0.2) is 0 Å². The van der Waals surface area contributed by atoms with Crippen LogP contribution < -0.4 is 16.0 Å². The zero-order valence-corrected chi connectivity index (χ0v) is 17.3. The average molecular weight is 413 g/mol. The maximum atomic E-state index is 11.0. The Hall–Kier alpha value is -2.77. The van der Waals surface area contributed by atoms with Gasteiger partial charge in [0.1, 0.15) is 5.75 Å². The van der Waals surface area contributed by atoms with Gasteiger partial charge in [0, 0.05) is 31.9 Å². The number of piperazine rings is 1. The summed E-state index contributed by atoms with van der Waals surface area (Å²) in [7, 11) is 0. The number of para-hydroxylation sites is 1. The number of rotatable bonds is 9. The number of amides is 2. The van der Waals surface area contributed by atoms with Crippen molar-refractivity contribution in [3.8, 4) is 5.75 Å². The molecule has 1 unspecified atom stereocenters. The minimum Gasteiger partial charge on any atom is -0.506 e. The zero-order valence-electron chi connectivity index (χ0n) is 17.3. The Morgan fingerprint density at radius 1 is 1.03 bits per heavy atom. The number of aliphatic hydroxyl groups excluding tert-OH is 1. The molecule has 0 saturated carbocycles. The number of carbonyl (C=O) groups excluding carboxylic acids is 1. The zero-order chi connectivity index (χ0) is 21.3. The van der Waals surface area contributed by atoms with Gasteiger partial charge in [0.25, 0.3) is 0 Å². The Labute approximate surface area is 178 Å². The molecule has 2 aromatic rings. The van der Waals surface area contributed by atoms with Crippen LogP contribution in [0, 0.1) is 0 Å². The molecule has 1 aliphatic heterocycles. The number of benzene rings is 2. The molecule has 7 nitrogen and oxygen atoms in total. The second-order valence-electron chi connectivity index (χ2n) is 7.80. The summed E-state index contributed by atoms with van der Waals surface area (Å²) >= 11 is 0. The normalized spacial score (nSPS) is 15.7. The first-order valence-electron chi connectivity index (χ1n) is 10.6. The van der Waals surface area contributed by atoms with E-state index in [4.69, 9.17) is 5.73 Å². The summed E-state index contributed by atoms with van der Waals surface area (Å²) in [4.78, 5) is 15.9. The third-order valence-corrected chi connectivity index (χ3v) is 5.61. The fourth-order valence-corrected chi connectivity index (χ4v) is 3.88. The topological polar surface area (TPSA) is 102 Å². The van der Waals surface area contributed by atoms with E-state index in [2.05, 4.69) is 45.4 Å². The number of nitrogens with two attached hydrogens (primary N) is 1. The number of anilines is 2. The van der Waals surface area contributed by atoms with Crippen molar-refractivity contribution in [2.24, 2.45) is 5.73 Å². The molecular formula is C23H32N4O3. The summed E-state index contributed by atoms with van der Waals surface area (Å²) < 4.78 is 0. The largest absolute Gasteiger partial charge is 0.506 e. The van der Waals surface area contributed by atoms with E-state index in [0.717, 1.165) is 52.0 Å². The Kier molecular flexibility index (Phi) is 7.93. The molecule has 1 aliphatic rings. The molecule has 3 rings (SSSR count). The predicted molar refractivity (Wildman–Crippen MR) is 120 cm³/mol. The lowest BCUT2D eigenvalue weighted by Gasteiger charge is -2.36. The van der Waals surface area contributed by atoms with Gasteiger partial charge in [-0.1, -0.05) is 37.1 Å². The lowest BCUT2D eigenvalue weighted by atomic mass is 10.0. The number of hydrogen-bond donors (Lipinski definition) is 4. The van der Waals surface area contributed by atoms with Gasteiger partial charge < -0.3 is 26.2 Å². The van der Waals surface area contributed by atoms with E-state index in [1.165, 1.54) is 11.8 Å². The van der Waals surface area contributed by atoms with Gasteiger partial charge in [0.2, 0.25) is 0 Å². The number of aliphatic hydroxyl groups is 1. The van der Waals surface area contributed by atoms with Crippen LogP contribution in [-0.4, -0.2) is 53.9 Å². The lowest BCUT2D eigenvalue weighted by Crippen LogP contribution is -2.46. The first-order valence-corrected chi connectivity index (χ1v) is 10.6. The summed E-state index contributed by atoms with van der Waals surface area (Å²) in [5.74, 6) is -0.0721. The van der Waals surface area contributed by atoms with Crippen molar-refractivity contribution in [1.29, 1.82) is 0 Å². The van der Waals surface area contributed by atoms with Crippen LogP contribution in [0.1, 0.15) is 37.4 Å². The monoisotopic (exact) mass is 412 g/mol. The number of carbonyl (C=O) groups is 1. The first-order chi connectivity index (χ1) is 14.5. The van der Waals surface area contributed by atoms with Gasteiger partial charge in [-0.05, 0) is 49.2 Å². The van der Waals surface area contributed by atoms with Crippen LogP contribution in [0.2, 0.25) is 0 Å². The Bertz CT molecular complexity index is 807. The molecule has 0 radical (unpaired) electrons. The second-order valence-corrected chi connectivity index (χ2v) is 7.80. The predicted octanol–water partition coefficient (Wildman–Crippen LogP) is 3.30. The van der Waals surface area contributed by atoms with E-state index in [-0.39, 0.29) is 11.4 Å². The number of phenolic OH excluding ortho intramolecular Hbond substituents is 1. The van der Waals surface area contributed by atoms with Gasteiger partial charge in [0.05, 0.1) is 11.8 Å². The third-order valence-electron chi connectivity index (χ3n) is 5.61. The van der Waals surface area contributed by atoms with E-state index in [9.17, 15) is 15.0 Å². The fraction of sp³-hybridized carbons (Fsp3) is 0.435. The van der Waals surface area contributed by atoms with Crippen LogP contribution in [0.3, 0.4) is 0 Å². The smallest absolute Gasteiger partial charge is 0.316 e. The van der Waals surface area contributed by atoms with Crippen molar-refractivity contribution in [3.05, 3.63) is 54.1 Å². The van der Waals surface area contributed by atoms with Crippen molar-refractivity contribution in [3.63, 3.8) is 0 Å². The molecule has 162 valence electrons. The van der Waals surface area contributed by atoms with E-state index >= 15 is 0 Å². The van der Waals surface area contributed by atoms with Crippen molar-refractivity contribution in [2.75, 3.05) is 42.9 Å². The number of unbranched alkanes of at least 4 members (excludes halogenated alkanes) is 2. The van der Waals surface area contributed by atoms with Crippen LogP contribution in [0.5, 0.6) is 5.75 Å². The number of phenols is 1. The van der Waals surface area contributed by atoms with Gasteiger partial charge in [-0.15, -0.1) is 0 Å². The molecular weight excluding hydrogens is 380 g/mol. The number of urea groups is 1. The van der Waals surface area contributed by atoms with Gasteiger partial charge in [-0.3, -0.25) is 4.90 Å². The van der Waals surface area contributed by atoms with E-state index in [1.54, 1.807) is 12.1 Å². The van der Waals surface area contributed by atoms with Crippen LogP contribution in [0.25, 0.3) is 0 Å². The molecule has 0 aromatic heterocycles. The van der Waals surface area contributed by atoms with Gasteiger partial charge in [-0.2, -0.15) is 0 Å². The highest BCUT2D eigenvalue weighted by molar-refractivity contribution is 5.89. The molecule has 7 heteroatoms. The Balaban J connectivity index is 1.33. The molecule has 30 heavy (non-hydrogen) atoms. The third kappa shape index (κ3) is 6.37. The number of hydrogen-bond acceptors (Lipinski definition) is 5. The summed E-state index contributed by atoms with van der Waals surface area (Å²) in [5.41, 5.74) is 7.28. The highest BCUT2D eigenvalue weighted by atomic mass is 16.3. The molecule has 0 aliphatic carbocycles. The van der Waals surface area contributed by atoms with Crippen LogP contribution in [-0.2, 0) is 0 Å². The minimum absolute atomic E-state index is 0.0721. The number of aromatic hydroxyl groups is 1. The number of nitrogens with one attached hydrogen (secondary N) is 1. The molecule has 1 heterocycles. The quantitative estimate of drug-likeness (QED) is 0.374. The molecule has 0 spiro atoms. The number of primary amides is 1. The maximum absolute atomic E-state index is 11.0. The molecule has 0 bridgehead atoms. The molecule has 1 saturated heterocycles. The Morgan fingerprint density at radius 2 is 1.77 bits per heavy atom. The van der Waals surface area contributed by atoms with Gasteiger partial charge >= 0.3 is 6.03 Å². The van der Waals surface area contributed by atoms with Gasteiger partial charge in [-0.25, -0.2) is 4.79 Å².